The Morgan fingerprint density at radius 3 is 2.29 bits per heavy atom. The zero-order chi connectivity index (χ0) is 24.1. The Morgan fingerprint density at radius 1 is 0.941 bits per heavy atom. The lowest BCUT2D eigenvalue weighted by atomic mass is 9.87. The van der Waals surface area contributed by atoms with Crippen LogP contribution < -0.4 is 5.63 Å². The number of fused-ring (bicyclic) bond motifs is 3. The van der Waals surface area contributed by atoms with Crippen LogP contribution in [0, 0.1) is 0 Å². The SMILES string of the molecule is CC(C)(C)c1ccc(S(=O)(=O)N2CCN(Cn3cc4c(=O)oc5ccccc5c4n3)CC2)cc1. The second kappa shape index (κ2) is 8.33. The van der Waals surface area contributed by atoms with Gasteiger partial charge in [-0.05, 0) is 35.2 Å². The maximum absolute atomic E-state index is 13.1. The van der Waals surface area contributed by atoms with Crippen LogP contribution in [-0.4, -0.2) is 53.6 Å². The molecular formula is C25H28N4O4S. The smallest absolute Gasteiger partial charge is 0.347 e. The van der Waals surface area contributed by atoms with Gasteiger partial charge in [0.1, 0.15) is 16.5 Å². The van der Waals surface area contributed by atoms with Crippen LogP contribution in [0.25, 0.3) is 21.9 Å². The molecule has 1 aliphatic heterocycles. The minimum absolute atomic E-state index is 0.0293. The summed E-state index contributed by atoms with van der Waals surface area (Å²) < 4.78 is 34.9. The Morgan fingerprint density at radius 2 is 1.62 bits per heavy atom. The molecule has 0 saturated carbocycles. The maximum Gasteiger partial charge on any atom is 0.347 e. The van der Waals surface area contributed by atoms with E-state index in [1.165, 1.54) is 4.31 Å². The maximum atomic E-state index is 13.1. The van der Waals surface area contributed by atoms with Gasteiger partial charge in [0.15, 0.2) is 0 Å². The molecule has 0 spiro atoms. The standard InChI is InChI=1S/C25H28N4O4S/c1-25(2,3)18-8-10-19(11-9-18)34(31,32)29-14-12-27(13-15-29)17-28-16-21-23(26-28)20-6-4-5-7-22(20)33-24(21)30/h4-11,16H,12-15,17H2,1-3H3. The van der Waals surface area contributed by atoms with E-state index in [-0.39, 0.29) is 5.41 Å². The number of benzene rings is 2. The number of para-hydroxylation sites is 1. The first-order valence-corrected chi connectivity index (χ1v) is 12.8. The number of hydrogen-bond acceptors (Lipinski definition) is 6. The van der Waals surface area contributed by atoms with E-state index in [0.29, 0.717) is 54.2 Å². The zero-order valence-corrected chi connectivity index (χ0v) is 20.4. The van der Waals surface area contributed by atoms with Gasteiger partial charge in [0.2, 0.25) is 10.0 Å². The van der Waals surface area contributed by atoms with Crippen LogP contribution in [0.1, 0.15) is 26.3 Å². The van der Waals surface area contributed by atoms with Gasteiger partial charge in [-0.2, -0.15) is 9.40 Å². The highest BCUT2D eigenvalue weighted by Crippen LogP contribution is 2.25. The van der Waals surface area contributed by atoms with Gasteiger partial charge in [0, 0.05) is 37.8 Å². The van der Waals surface area contributed by atoms with Crippen molar-refractivity contribution in [3.63, 3.8) is 0 Å². The van der Waals surface area contributed by atoms with Crippen molar-refractivity contribution in [1.29, 1.82) is 0 Å². The van der Waals surface area contributed by atoms with Crippen LogP contribution in [0.2, 0.25) is 0 Å². The van der Waals surface area contributed by atoms with Crippen molar-refractivity contribution in [3.8, 4) is 0 Å². The molecule has 1 aliphatic rings. The van der Waals surface area contributed by atoms with Crippen molar-refractivity contribution in [3.05, 3.63) is 70.7 Å². The van der Waals surface area contributed by atoms with Gasteiger partial charge >= 0.3 is 5.63 Å². The van der Waals surface area contributed by atoms with Crippen LogP contribution >= 0.6 is 0 Å². The van der Waals surface area contributed by atoms with E-state index in [1.54, 1.807) is 29.1 Å². The Balaban J connectivity index is 1.29. The Bertz CT molecular complexity index is 1510. The van der Waals surface area contributed by atoms with Crippen molar-refractivity contribution in [2.24, 2.45) is 0 Å². The molecule has 0 aliphatic carbocycles. The average Bonchev–Trinajstić information content (AvgIpc) is 3.24. The Kier molecular flexibility index (Phi) is 5.58. The summed E-state index contributed by atoms with van der Waals surface area (Å²) in [5.41, 5.74) is 1.79. The first-order valence-electron chi connectivity index (χ1n) is 11.3. The van der Waals surface area contributed by atoms with Gasteiger partial charge in [-0.1, -0.05) is 45.0 Å². The molecule has 0 unspecified atom stereocenters. The molecule has 2 aromatic heterocycles. The molecule has 178 valence electrons. The molecule has 4 aromatic rings. The van der Waals surface area contributed by atoms with E-state index in [1.807, 2.05) is 30.3 Å². The van der Waals surface area contributed by atoms with E-state index in [4.69, 9.17) is 4.42 Å². The van der Waals surface area contributed by atoms with Gasteiger partial charge < -0.3 is 4.42 Å². The third kappa shape index (κ3) is 4.15. The summed E-state index contributed by atoms with van der Waals surface area (Å²) in [4.78, 5) is 14.8. The number of hydrogen-bond donors (Lipinski definition) is 0. The van der Waals surface area contributed by atoms with Crippen molar-refractivity contribution in [1.82, 2.24) is 19.0 Å². The average molecular weight is 481 g/mol. The first kappa shape index (κ1) is 22.8. The number of piperazine rings is 1. The van der Waals surface area contributed by atoms with Gasteiger partial charge in [-0.15, -0.1) is 0 Å². The summed E-state index contributed by atoms with van der Waals surface area (Å²) in [5, 5.41) is 5.86. The van der Waals surface area contributed by atoms with Crippen LogP contribution in [0.4, 0.5) is 0 Å². The number of nitrogens with zero attached hydrogens (tertiary/aromatic N) is 4. The fraction of sp³-hybridized carbons (Fsp3) is 0.360. The lowest BCUT2D eigenvalue weighted by Gasteiger charge is -2.33. The largest absolute Gasteiger partial charge is 0.422 e. The van der Waals surface area contributed by atoms with Crippen LogP contribution in [-0.2, 0) is 22.1 Å². The summed E-state index contributed by atoms with van der Waals surface area (Å²) in [7, 11) is -3.54. The number of rotatable bonds is 4. The van der Waals surface area contributed by atoms with Gasteiger partial charge in [-0.25, -0.2) is 13.2 Å². The summed E-state index contributed by atoms with van der Waals surface area (Å²) in [5.74, 6) is 0. The molecule has 1 saturated heterocycles. The second-order valence-corrected chi connectivity index (χ2v) is 11.7. The third-order valence-electron chi connectivity index (χ3n) is 6.36. The predicted octanol–water partition coefficient (Wildman–Crippen LogP) is 3.40. The summed E-state index contributed by atoms with van der Waals surface area (Å²) in [6.45, 7) is 8.73. The van der Waals surface area contributed by atoms with E-state index in [0.717, 1.165) is 10.9 Å². The monoisotopic (exact) mass is 480 g/mol. The normalized spacial score (nSPS) is 16.4. The van der Waals surface area contributed by atoms with E-state index in [2.05, 4.69) is 30.8 Å². The molecule has 34 heavy (non-hydrogen) atoms. The minimum atomic E-state index is -3.54. The fourth-order valence-corrected chi connectivity index (χ4v) is 5.76. The third-order valence-corrected chi connectivity index (χ3v) is 8.27. The van der Waals surface area contributed by atoms with Crippen LogP contribution in [0.15, 0.2) is 68.8 Å². The summed E-state index contributed by atoms with van der Waals surface area (Å²) >= 11 is 0. The minimum Gasteiger partial charge on any atom is -0.422 e. The molecule has 2 aromatic carbocycles. The summed E-state index contributed by atoms with van der Waals surface area (Å²) in [6.07, 6.45) is 1.70. The topological polar surface area (TPSA) is 88.7 Å². The molecule has 0 bridgehead atoms. The van der Waals surface area contributed by atoms with Crippen molar-refractivity contribution in [2.45, 2.75) is 37.8 Å². The van der Waals surface area contributed by atoms with Crippen molar-refractivity contribution < 1.29 is 12.8 Å². The lowest BCUT2D eigenvalue weighted by molar-refractivity contribution is 0.146. The number of aromatic nitrogens is 2. The van der Waals surface area contributed by atoms with E-state index >= 15 is 0 Å². The zero-order valence-electron chi connectivity index (χ0n) is 19.6. The summed E-state index contributed by atoms with van der Waals surface area (Å²) in [6, 6.07) is 14.5. The lowest BCUT2D eigenvalue weighted by Crippen LogP contribution is -2.48. The van der Waals surface area contributed by atoms with Crippen molar-refractivity contribution >= 4 is 31.9 Å². The number of sulfonamides is 1. The van der Waals surface area contributed by atoms with E-state index < -0.39 is 15.6 Å². The highest BCUT2D eigenvalue weighted by Gasteiger charge is 2.29. The van der Waals surface area contributed by atoms with E-state index in [9.17, 15) is 13.2 Å². The molecular weight excluding hydrogens is 452 g/mol. The molecule has 8 nitrogen and oxygen atoms in total. The van der Waals surface area contributed by atoms with Crippen LogP contribution in [0.5, 0.6) is 0 Å². The molecule has 0 N–H and O–H groups in total. The van der Waals surface area contributed by atoms with Gasteiger partial charge in [-0.3, -0.25) is 9.58 Å². The van der Waals surface area contributed by atoms with Crippen LogP contribution in [0.3, 0.4) is 0 Å². The molecule has 0 amide bonds. The van der Waals surface area contributed by atoms with Gasteiger partial charge in [0.25, 0.3) is 0 Å². The molecule has 9 heteroatoms. The predicted molar refractivity (Wildman–Crippen MR) is 131 cm³/mol. The first-order chi connectivity index (χ1) is 16.1. The van der Waals surface area contributed by atoms with Gasteiger partial charge in [0.05, 0.1) is 11.6 Å². The molecule has 0 radical (unpaired) electrons. The molecule has 1 fully saturated rings. The second-order valence-electron chi connectivity index (χ2n) is 9.75. The van der Waals surface area contributed by atoms with Crippen molar-refractivity contribution in [2.75, 3.05) is 26.2 Å². The molecule has 5 rings (SSSR count). The highest BCUT2D eigenvalue weighted by atomic mass is 32.2. The quantitative estimate of drug-likeness (QED) is 0.416. The molecule has 0 atom stereocenters. The molecule has 3 heterocycles. The fourth-order valence-electron chi connectivity index (χ4n) is 4.34. The Labute approximate surface area is 198 Å². The highest BCUT2D eigenvalue weighted by molar-refractivity contribution is 7.89. The Hall–Kier alpha value is -3.01.